The maximum absolute atomic E-state index is 12.9. The molecule has 0 saturated heterocycles. The van der Waals surface area contributed by atoms with Crippen molar-refractivity contribution in [1.29, 1.82) is 0 Å². The Morgan fingerprint density at radius 3 is 2.27 bits per heavy atom. The van der Waals surface area contributed by atoms with Crippen molar-refractivity contribution in [3.63, 3.8) is 0 Å². The van der Waals surface area contributed by atoms with E-state index in [1.807, 2.05) is 0 Å². The first-order valence-corrected chi connectivity index (χ1v) is 9.17. The number of carboxylic acids is 1. The standard InChI is InChI=1S/C15H12Cl2N2O6S/c1-9-2-3-13(7-14(9)19(22)23)26(24,25)18(8-15(20)21)12-5-10(16)4-11(17)6-12/h2-7H,8H2,1H3,(H,20,21). The Kier molecular flexibility index (Phi) is 5.74. The first kappa shape index (κ1) is 20.0. The second-order valence-corrected chi connectivity index (χ2v) is 7.97. The molecule has 2 rings (SSSR count). The Labute approximate surface area is 158 Å². The number of halogens is 2. The number of nitro benzene ring substituents is 1. The van der Waals surface area contributed by atoms with Gasteiger partial charge in [0.2, 0.25) is 0 Å². The summed E-state index contributed by atoms with van der Waals surface area (Å²) in [5.41, 5.74) is -0.205. The molecule has 0 aliphatic carbocycles. The number of benzene rings is 2. The molecule has 0 bridgehead atoms. The molecule has 1 N–H and O–H groups in total. The summed E-state index contributed by atoms with van der Waals surface area (Å²) < 4.78 is 26.4. The highest BCUT2D eigenvalue weighted by Crippen LogP contribution is 2.31. The van der Waals surface area contributed by atoms with Gasteiger partial charge in [-0.05, 0) is 31.2 Å². The van der Waals surface area contributed by atoms with Gasteiger partial charge in [-0.15, -0.1) is 0 Å². The van der Waals surface area contributed by atoms with E-state index < -0.39 is 38.0 Å². The second kappa shape index (κ2) is 7.48. The first-order valence-electron chi connectivity index (χ1n) is 6.98. The van der Waals surface area contributed by atoms with Gasteiger partial charge in [-0.1, -0.05) is 29.3 Å². The molecular formula is C15H12Cl2N2O6S. The number of rotatable bonds is 6. The molecule has 2 aromatic carbocycles. The molecule has 2 aromatic rings. The van der Waals surface area contributed by atoms with Crippen LogP contribution in [-0.2, 0) is 14.8 Å². The van der Waals surface area contributed by atoms with Gasteiger partial charge in [0.1, 0.15) is 6.54 Å². The van der Waals surface area contributed by atoms with E-state index in [-0.39, 0.29) is 21.3 Å². The minimum atomic E-state index is -4.42. The lowest BCUT2D eigenvalue weighted by molar-refractivity contribution is -0.385. The Morgan fingerprint density at radius 2 is 1.77 bits per heavy atom. The molecule has 8 nitrogen and oxygen atoms in total. The molecule has 0 amide bonds. The van der Waals surface area contributed by atoms with Gasteiger partial charge in [0.15, 0.2) is 0 Å². The molecule has 0 heterocycles. The van der Waals surface area contributed by atoms with Crippen LogP contribution >= 0.6 is 23.2 Å². The Balaban J connectivity index is 2.65. The predicted octanol–water partition coefficient (Wildman–Crippen LogP) is 3.49. The van der Waals surface area contributed by atoms with Crippen molar-refractivity contribution in [3.8, 4) is 0 Å². The molecule has 11 heteroatoms. The van der Waals surface area contributed by atoms with Gasteiger partial charge < -0.3 is 5.11 Å². The summed E-state index contributed by atoms with van der Waals surface area (Å²) in [5.74, 6) is -1.42. The molecule has 138 valence electrons. The number of carboxylic acid groups (broad SMARTS) is 1. The van der Waals surface area contributed by atoms with E-state index in [2.05, 4.69) is 0 Å². The largest absolute Gasteiger partial charge is 0.480 e. The summed E-state index contributed by atoms with van der Waals surface area (Å²) in [6.45, 7) is 0.543. The van der Waals surface area contributed by atoms with Gasteiger partial charge in [0.05, 0.1) is 15.5 Å². The first-order chi connectivity index (χ1) is 12.0. The smallest absolute Gasteiger partial charge is 0.324 e. The van der Waals surface area contributed by atoms with Crippen LogP contribution in [0, 0.1) is 17.0 Å². The molecule has 0 spiro atoms. The fourth-order valence-corrected chi connectivity index (χ4v) is 4.13. The maximum Gasteiger partial charge on any atom is 0.324 e. The van der Waals surface area contributed by atoms with Crippen molar-refractivity contribution in [2.24, 2.45) is 0 Å². The van der Waals surface area contributed by atoms with Gasteiger partial charge in [-0.2, -0.15) is 0 Å². The summed E-state index contributed by atoms with van der Waals surface area (Å²) in [7, 11) is -4.42. The fourth-order valence-electron chi connectivity index (χ4n) is 2.19. The quantitative estimate of drug-likeness (QED) is 0.566. The van der Waals surface area contributed by atoms with Gasteiger partial charge in [-0.25, -0.2) is 8.42 Å². The summed E-state index contributed by atoms with van der Waals surface area (Å²) in [6, 6.07) is 7.14. The molecule has 0 aliphatic heterocycles. The molecule has 0 atom stereocenters. The Bertz CT molecular complexity index is 973. The monoisotopic (exact) mass is 418 g/mol. The summed E-state index contributed by atoms with van der Waals surface area (Å²) >= 11 is 11.7. The average molecular weight is 419 g/mol. The zero-order valence-electron chi connectivity index (χ0n) is 13.2. The number of aliphatic carboxylic acids is 1. The highest BCUT2D eigenvalue weighted by atomic mass is 35.5. The molecule has 0 unspecified atom stereocenters. The van der Waals surface area contributed by atoms with Gasteiger partial charge in [0.25, 0.3) is 15.7 Å². The van der Waals surface area contributed by atoms with E-state index in [0.717, 1.165) is 6.07 Å². The lowest BCUT2D eigenvalue weighted by Crippen LogP contribution is -2.35. The Hall–Kier alpha value is -2.36. The van der Waals surface area contributed by atoms with E-state index >= 15 is 0 Å². The van der Waals surface area contributed by atoms with Crippen molar-refractivity contribution in [2.75, 3.05) is 10.8 Å². The van der Waals surface area contributed by atoms with Crippen molar-refractivity contribution in [1.82, 2.24) is 0 Å². The topological polar surface area (TPSA) is 118 Å². The molecular weight excluding hydrogens is 407 g/mol. The number of hydrogen-bond donors (Lipinski definition) is 1. The number of nitro groups is 1. The minimum absolute atomic E-state index is 0.0758. The molecule has 0 saturated carbocycles. The van der Waals surface area contributed by atoms with Crippen molar-refractivity contribution < 1.29 is 23.2 Å². The third-order valence-electron chi connectivity index (χ3n) is 3.38. The van der Waals surface area contributed by atoms with Crippen molar-refractivity contribution in [2.45, 2.75) is 11.8 Å². The number of sulfonamides is 1. The maximum atomic E-state index is 12.9. The zero-order chi connectivity index (χ0) is 19.6. The molecule has 0 aliphatic rings. The van der Waals surface area contributed by atoms with E-state index in [1.165, 1.54) is 37.3 Å². The number of nitrogens with zero attached hydrogens (tertiary/aromatic N) is 2. The third kappa shape index (κ3) is 4.24. The van der Waals surface area contributed by atoms with E-state index in [4.69, 9.17) is 28.3 Å². The van der Waals surface area contributed by atoms with Crippen molar-refractivity contribution in [3.05, 3.63) is 62.1 Å². The SMILES string of the molecule is Cc1ccc(S(=O)(=O)N(CC(=O)O)c2cc(Cl)cc(Cl)c2)cc1[N+](=O)[O-]. The van der Waals surface area contributed by atoms with E-state index in [1.54, 1.807) is 0 Å². The predicted molar refractivity (Wildman–Crippen MR) is 96.5 cm³/mol. The van der Waals surface area contributed by atoms with E-state index in [9.17, 15) is 23.3 Å². The fraction of sp³-hybridized carbons (Fsp3) is 0.133. The normalized spacial score (nSPS) is 11.2. The van der Waals surface area contributed by atoms with Crippen LogP contribution in [0.4, 0.5) is 11.4 Å². The highest BCUT2D eigenvalue weighted by Gasteiger charge is 2.29. The van der Waals surface area contributed by atoms with Crippen LogP contribution in [0.25, 0.3) is 0 Å². The van der Waals surface area contributed by atoms with Gasteiger partial charge in [-0.3, -0.25) is 19.2 Å². The van der Waals surface area contributed by atoms with Crippen molar-refractivity contribution >= 4 is 50.6 Å². The molecule has 0 radical (unpaired) electrons. The van der Waals surface area contributed by atoms with Crippen LogP contribution in [0.5, 0.6) is 0 Å². The van der Waals surface area contributed by atoms with Crippen LogP contribution in [0.2, 0.25) is 10.0 Å². The lowest BCUT2D eigenvalue weighted by atomic mass is 10.2. The van der Waals surface area contributed by atoms with Crippen LogP contribution in [0.3, 0.4) is 0 Å². The van der Waals surface area contributed by atoms with Crippen LogP contribution in [0.1, 0.15) is 5.56 Å². The zero-order valence-corrected chi connectivity index (χ0v) is 15.5. The average Bonchev–Trinajstić information content (AvgIpc) is 2.51. The highest BCUT2D eigenvalue weighted by molar-refractivity contribution is 7.92. The number of hydrogen-bond acceptors (Lipinski definition) is 5. The summed E-state index contributed by atoms with van der Waals surface area (Å²) in [6.07, 6.45) is 0. The van der Waals surface area contributed by atoms with E-state index in [0.29, 0.717) is 4.31 Å². The third-order valence-corrected chi connectivity index (χ3v) is 5.59. The Morgan fingerprint density at radius 1 is 1.19 bits per heavy atom. The minimum Gasteiger partial charge on any atom is -0.480 e. The number of anilines is 1. The number of aryl methyl sites for hydroxylation is 1. The van der Waals surface area contributed by atoms with Crippen LogP contribution in [0.15, 0.2) is 41.3 Å². The van der Waals surface area contributed by atoms with Gasteiger partial charge >= 0.3 is 5.97 Å². The summed E-state index contributed by atoms with van der Waals surface area (Å²) in [5, 5.41) is 20.4. The summed E-state index contributed by atoms with van der Waals surface area (Å²) in [4.78, 5) is 21.1. The molecule has 0 aromatic heterocycles. The lowest BCUT2D eigenvalue weighted by Gasteiger charge is -2.23. The number of carbonyl (C=O) groups is 1. The van der Waals surface area contributed by atoms with Crippen LogP contribution < -0.4 is 4.31 Å². The van der Waals surface area contributed by atoms with Gasteiger partial charge in [0, 0.05) is 21.7 Å². The van der Waals surface area contributed by atoms with Crippen LogP contribution in [-0.4, -0.2) is 31.0 Å². The molecule has 26 heavy (non-hydrogen) atoms. The molecule has 0 fully saturated rings. The second-order valence-electron chi connectivity index (χ2n) is 5.24.